The number of carbonyl (C=O) groups is 3. The highest BCUT2D eigenvalue weighted by Crippen LogP contribution is 2.31. The van der Waals surface area contributed by atoms with Gasteiger partial charge in [-0.15, -0.1) is 11.8 Å². The maximum atomic E-state index is 12.1. The molecule has 0 aromatic rings. The monoisotopic (exact) mass is 387 g/mol. The fourth-order valence-electron chi connectivity index (χ4n) is 3.04. The molecule has 6 nitrogen and oxygen atoms in total. The number of hydrogen-bond acceptors (Lipinski definition) is 5. The minimum absolute atomic E-state index is 0.00740. The molecule has 0 spiro atoms. The molecule has 0 bridgehead atoms. The molecule has 1 aliphatic heterocycles. The summed E-state index contributed by atoms with van der Waals surface area (Å²) in [5.74, 6) is -0.328. The second kappa shape index (κ2) is 11.6. The van der Waals surface area contributed by atoms with Gasteiger partial charge in [0.1, 0.15) is 0 Å². The number of carboxylic acid groups (broad SMARTS) is 1. The number of nitrogens with zero attached hydrogens (tertiary/aromatic N) is 1. The second-order valence-electron chi connectivity index (χ2n) is 7.42. The number of amides is 1. The van der Waals surface area contributed by atoms with Crippen LogP contribution in [0.4, 0.5) is 0 Å². The van der Waals surface area contributed by atoms with Crippen LogP contribution in [-0.4, -0.2) is 56.0 Å². The van der Waals surface area contributed by atoms with Gasteiger partial charge in [0.2, 0.25) is 5.91 Å². The summed E-state index contributed by atoms with van der Waals surface area (Å²) in [5.41, 5.74) is -0.752. The lowest BCUT2D eigenvalue weighted by Crippen LogP contribution is -2.37. The minimum Gasteiger partial charge on any atom is -0.481 e. The summed E-state index contributed by atoms with van der Waals surface area (Å²) in [6.07, 6.45) is 6.51. The summed E-state index contributed by atoms with van der Waals surface area (Å²) in [6, 6.07) is 0. The number of likely N-dealkylation sites (tertiary alicyclic amines) is 1. The first-order valence-corrected chi connectivity index (χ1v) is 10.7. The summed E-state index contributed by atoms with van der Waals surface area (Å²) in [7, 11) is 0. The largest absolute Gasteiger partial charge is 0.481 e. The minimum atomic E-state index is -0.852. The Kier molecular flexibility index (Phi) is 10.2. The van der Waals surface area contributed by atoms with Crippen molar-refractivity contribution < 1.29 is 24.6 Å². The van der Waals surface area contributed by atoms with Crippen molar-refractivity contribution in [2.75, 3.05) is 12.3 Å². The summed E-state index contributed by atoms with van der Waals surface area (Å²) >= 11 is 1.56. The molecule has 1 rings (SSSR count). The van der Waals surface area contributed by atoms with Crippen molar-refractivity contribution in [3.63, 3.8) is 0 Å². The Balaban J connectivity index is 2.40. The van der Waals surface area contributed by atoms with Crippen molar-refractivity contribution in [3.8, 4) is 0 Å². The van der Waals surface area contributed by atoms with Gasteiger partial charge in [-0.05, 0) is 32.6 Å². The fourth-order valence-corrected chi connectivity index (χ4v) is 4.39. The number of hydrogen-bond donors (Lipinski definition) is 2. The Hall–Kier alpha value is -1.08. The number of thioether (sulfide) groups is 1. The molecule has 0 saturated carbocycles. The van der Waals surface area contributed by atoms with Gasteiger partial charge in [-0.25, -0.2) is 0 Å². The summed E-state index contributed by atoms with van der Waals surface area (Å²) in [4.78, 5) is 36.3. The van der Waals surface area contributed by atoms with Crippen LogP contribution in [0.1, 0.15) is 78.1 Å². The number of carbonyl (C=O) groups excluding carboxylic acids is 2. The Morgan fingerprint density at radius 1 is 1.23 bits per heavy atom. The van der Waals surface area contributed by atoms with E-state index >= 15 is 0 Å². The molecule has 1 aliphatic rings. The summed E-state index contributed by atoms with van der Waals surface area (Å²) in [6.45, 7) is 4.07. The lowest BCUT2D eigenvalue weighted by Gasteiger charge is -2.28. The number of Topliss-reactive ketones (excluding diaryl/α,β-unsaturated/α-hetero) is 1. The molecule has 0 radical (unpaired) electrons. The van der Waals surface area contributed by atoms with Gasteiger partial charge in [-0.2, -0.15) is 0 Å². The third-order valence-electron chi connectivity index (χ3n) is 4.62. The van der Waals surface area contributed by atoms with E-state index in [0.29, 0.717) is 37.9 Å². The molecule has 0 aliphatic carbocycles. The molecule has 2 unspecified atom stereocenters. The third kappa shape index (κ3) is 9.03. The Bertz CT molecular complexity index is 481. The molecule has 150 valence electrons. The standard InChI is InChI=1S/C19H33NO5S/c1-3-4-7-12-19(2,25)14-26-17-11-10-16(22)20(17)13-15(21)8-5-6-9-18(23)24/h17,25H,3-14H2,1-2H3,(H,23,24). The first kappa shape index (κ1) is 23.0. The number of carboxylic acids is 1. The Labute approximate surface area is 160 Å². The molecular formula is C19H33NO5S. The molecular weight excluding hydrogens is 354 g/mol. The molecule has 1 fully saturated rings. The number of aliphatic hydroxyl groups is 1. The van der Waals surface area contributed by atoms with Gasteiger partial charge >= 0.3 is 5.97 Å². The van der Waals surface area contributed by atoms with Crippen LogP contribution >= 0.6 is 11.8 Å². The number of aliphatic carboxylic acids is 1. The maximum Gasteiger partial charge on any atom is 0.303 e. The molecule has 1 amide bonds. The summed E-state index contributed by atoms with van der Waals surface area (Å²) < 4.78 is 0. The van der Waals surface area contributed by atoms with Crippen molar-refractivity contribution in [2.24, 2.45) is 0 Å². The smallest absolute Gasteiger partial charge is 0.303 e. The third-order valence-corrected chi connectivity index (χ3v) is 6.29. The van der Waals surface area contributed by atoms with Crippen LogP contribution in [0.15, 0.2) is 0 Å². The van der Waals surface area contributed by atoms with E-state index in [-0.39, 0.29) is 30.0 Å². The maximum absolute atomic E-state index is 12.1. The van der Waals surface area contributed by atoms with Crippen LogP contribution in [0.5, 0.6) is 0 Å². The van der Waals surface area contributed by atoms with Gasteiger partial charge in [-0.3, -0.25) is 14.4 Å². The highest BCUT2D eigenvalue weighted by molar-refractivity contribution is 7.99. The molecule has 1 saturated heterocycles. The average molecular weight is 388 g/mol. The fraction of sp³-hybridized carbons (Fsp3) is 0.842. The molecule has 7 heteroatoms. The van der Waals surface area contributed by atoms with Gasteiger partial charge in [0, 0.05) is 25.0 Å². The van der Waals surface area contributed by atoms with Crippen LogP contribution < -0.4 is 0 Å². The predicted molar refractivity (Wildman–Crippen MR) is 103 cm³/mol. The van der Waals surface area contributed by atoms with E-state index in [1.807, 2.05) is 6.92 Å². The zero-order valence-corrected chi connectivity index (χ0v) is 16.9. The van der Waals surface area contributed by atoms with E-state index in [2.05, 4.69) is 6.92 Å². The number of unbranched alkanes of at least 4 members (excludes halogenated alkanes) is 3. The van der Waals surface area contributed by atoms with Crippen LogP contribution in [0, 0.1) is 0 Å². The normalized spacial score (nSPS) is 19.6. The van der Waals surface area contributed by atoms with E-state index < -0.39 is 11.6 Å². The second-order valence-corrected chi connectivity index (χ2v) is 8.59. The first-order valence-electron chi connectivity index (χ1n) is 9.62. The predicted octanol–water partition coefficient (Wildman–Crippen LogP) is 3.21. The molecule has 1 heterocycles. The van der Waals surface area contributed by atoms with Crippen LogP contribution in [-0.2, 0) is 14.4 Å². The molecule has 0 aromatic carbocycles. The number of ketones is 1. The van der Waals surface area contributed by atoms with E-state index in [4.69, 9.17) is 5.11 Å². The van der Waals surface area contributed by atoms with Gasteiger partial charge < -0.3 is 15.1 Å². The Morgan fingerprint density at radius 2 is 1.92 bits per heavy atom. The highest BCUT2D eigenvalue weighted by atomic mass is 32.2. The van der Waals surface area contributed by atoms with Crippen molar-refractivity contribution in [2.45, 2.75) is 89.0 Å². The highest BCUT2D eigenvalue weighted by Gasteiger charge is 2.34. The van der Waals surface area contributed by atoms with Crippen molar-refractivity contribution in [1.82, 2.24) is 4.90 Å². The van der Waals surface area contributed by atoms with E-state index in [1.165, 1.54) is 0 Å². The first-order chi connectivity index (χ1) is 12.2. The average Bonchev–Trinajstić information content (AvgIpc) is 2.90. The molecule has 2 atom stereocenters. The summed E-state index contributed by atoms with van der Waals surface area (Å²) in [5, 5.41) is 19.0. The molecule has 2 N–H and O–H groups in total. The van der Waals surface area contributed by atoms with Gasteiger partial charge in [0.25, 0.3) is 0 Å². The van der Waals surface area contributed by atoms with E-state index in [1.54, 1.807) is 16.7 Å². The van der Waals surface area contributed by atoms with Gasteiger partial charge in [-0.1, -0.05) is 26.2 Å². The topological polar surface area (TPSA) is 94.9 Å². The zero-order chi connectivity index (χ0) is 19.6. The Morgan fingerprint density at radius 3 is 2.58 bits per heavy atom. The zero-order valence-electron chi connectivity index (χ0n) is 16.0. The quantitative estimate of drug-likeness (QED) is 0.444. The van der Waals surface area contributed by atoms with E-state index in [9.17, 15) is 19.5 Å². The van der Waals surface area contributed by atoms with Gasteiger partial charge in [0.05, 0.1) is 17.5 Å². The van der Waals surface area contributed by atoms with Gasteiger partial charge in [0.15, 0.2) is 5.78 Å². The lowest BCUT2D eigenvalue weighted by atomic mass is 10.0. The van der Waals surface area contributed by atoms with Crippen LogP contribution in [0.2, 0.25) is 0 Å². The van der Waals surface area contributed by atoms with E-state index in [0.717, 1.165) is 25.7 Å². The van der Waals surface area contributed by atoms with Crippen LogP contribution in [0.3, 0.4) is 0 Å². The number of rotatable bonds is 14. The SMILES string of the molecule is CCCCCC(C)(O)CSC1CCC(=O)N1CC(=O)CCCCC(=O)O. The van der Waals surface area contributed by atoms with Crippen LogP contribution in [0.25, 0.3) is 0 Å². The molecule has 0 aromatic heterocycles. The van der Waals surface area contributed by atoms with Crippen molar-refractivity contribution in [1.29, 1.82) is 0 Å². The lowest BCUT2D eigenvalue weighted by molar-refractivity contribution is -0.137. The van der Waals surface area contributed by atoms with Crippen molar-refractivity contribution >= 4 is 29.4 Å². The van der Waals surface area contributed by atoms with Crippen molar-refractivity contribution in [3.05, 3.63) is 0 Å². The molecule has 26 heavy (non-hydrogen) atoms.